The van der Waals surface area contributed by atoms with Crippen molar-refractivity contribution in [2.24, 2.45) is 0 Å². The van der Waals surface area contributed by atoms with Gasteiger partial charge in [-0.05, 0) is 28.8 Å². The molecular formula is C7H9BrN2O. The zero-order valence-electron chi connectivity index (χ0n) is 6.03. The lowest BCUT2D eigenvalue weighted by atomic mass is 10.3. The summed E-state index contributed by atoms with van der Waals surface area (Å²) in [6, 6.07) is 0. The molecule has 3 nitrogen and oxygen atoms in total. The quantitative estimate of drug-likeness (QED) is 0.718. The van der Waals surface area contributed by atoms with Crippen molar-refractivity contribution in [2.75, 3.05) is 6.61 Å². The summed E-state index contributed by atoms with van der Waals surface area (Å²) in [7, 11) is 0. The molecule has 1 aliphatic heterocycles. The van der Waals surface area contributed by atoms with E-state index in [0.717, 1.165) is 23.9 Å². The van der Waals surface area contributed by atoms with Gasteiger partial charge in [-0.25, -0.2) is 4.68 Å². The van der Waals surface area contributed by atoms with Crippen molar-refractivity contribution in [3.63, 3.8) is 0 Å². The van der Waals surface area contributed by atoms with Gasteiger partial charge in [-0.2, -0.15) is 5.10 Å². The molecule has 1 atom stereocenters. The highest BCUT2D eigenvalue weighted by Gasteiger charge is 2.17. The highest BCUT2D eigenvalue weighted by atomic mass is 79.9. The third-order valence-electron chi connectivity index (χ3n) is 1.77. The average Bonchev–Trinajstić information content (AvgIpc) is 2.55. The van der Waals surface area contributed by atoms with E-state index in [4.69, 9.17) is 4.74 Å². The van der Waals surface area contributed by atoms with Crippen LogP contribution in [0.2, 0.25) is 0 Å². The predicted molar refractivity (Wildman–Crippen MR) is 44.2 cm³/mol. The monoisotopic (exact) mass is 216 g/mol. The van der Waals surface area contributed by atoms with Crippen LogP contribution < -0.4 is 0 Å². The van der Waals surface area contributed by atoms with E-state index in [9.17, 15) is 0 Å². The summed E-state index contributed by atoms with van der Waals surface area (Å²) in [5.74, 6) is 0. The SMILES string of the molecule is Brc1cnn(C2CCCO2)c1. The van der Waals surface area contributed by atoms with E-state index in [1.807, 2.05) is 10.9 Å². The minimum Gasteiger partial charge on any atom is -0.357 e. The molecule has 4 heteroatoms. The second-order valence-electron chi connectivity index (χ2n) is 2.61. The Morgan fingerprint density at radius 2 is 2.64 bits per heavy atom. The van der Waals surface area contributed by atoms with E-state index in [1.165, 1.54) is 0 Å². The maximum Gasteiger partial charge on any atom is 0.150 e. The topological polar surface area (TPSA) is 27.1 Å². The molecule has 0 aliphatic carbocycles. The van der Waals surface area contributed by atoms with Crippen LogP contribution in [-0.4, -0.2) is 16.4 Å². The Labute approximate surface area is 73.5 Å². The Kier molecular flexibility index (Phi) is 1.96. The lowest BCUT2D eigenvalue weighted by molar-refractivity contribution is 0.0467. The molecular weight excluding hydrogens is 208 g/mol. The molecule has 0 N–H and O–H groups in total. The zero-order chi connectivity index (χ0) is 7.68. The highest BCUT2D eigenvalue weighted by Crippen LogP contribution is 2.22. The molecule has 1 fully saturated rings. The van der Waals surface area contributed by atoms with Gasteiger partial charge in [-0.15, -0.1) is 0 Å². The summed E-state index contributed by atoms with van der Waals surface area (Å²) in [5, 5.41) is 4.14. The number of ether oxygens (including phenoxy) is 1. The van der Waals surface area contributed by atoms with Gasteiger partial charge in [-0.1, -0.05) is 0 Å². The van der Waals surface area contributed by atoms with Gasteiger partial charge in [0.25, 0.3) is 0 Å². The van der Waals surface area contributed by atoms with Crippen LogP contribution in [0.15, 0.2) is 16.9 Å². The Hall–Kier alpha value is -0.350. The van der Waals surface area contributed by atoms with E-state index in [-0.39, 0.29) is 6.23 Å². The lowest BCUT2D eigenvalue weighted by Crippen LogP contribution is -2.06. The second kappa shape index (κ2) is 2.95. The summed E-state index contributed by atoms with van der Waals surface area (Å²) >= 11 is 3.34. The standard InChI is InChI=1S/C7H9BrN2O/c8-6-4-9-10(5-6)7-2-1-3-11-7/h4-5,7H,1-3H2. The average molecular weight is 217 g/mol. The molecule has 1 aromatic rings. The number of hydrogen-bond acceptors (Lipinski definition) is 2. The van der Waals surface area contributed by atoms with Crippen molar-refractivity contribution in [1.82, 2.24) is 9.78 Å². The van der Waals surface area contributed by atoms with Gasteiger partial charge in [-0.3, -0.25) is 0 Å². The fourth-order valence-electron chi connectivity index (χ4n) is 1.24. The van der Waals surface area contributed by atoms with Crippen LogP contribution in [0, 0.1) is 0 Å². The zero-order valence-corrected chi connectivity index (χ0v) is 7.62. The van der Waals surface area contributed by atoms with Crippen molar-refractivity contribution in [1.29, 1.82) is 0 Å². The van der Waals surface area contributed by atoms with Gasteiger partial charge in [0.05, 0.1) is 10.7 Å². The summed E-state index contributed by atoms with van der Waals surface area (Å²) in [5.41, 5.74) is 0. The second-order valence-corrected chi connectivity index (χ2v) is 3.52. The van der Waals surface area contributed by atoms with Crippen molar-refractivity contribution in [3.8, 4) is 0 Å². The molecule has 0 spiro atoms. The number of rotatable bonds is 1. The molecule has 0 aromatic carbocycles. The van der Waals surface area contributed by atoms with Gasteiger partial charge in [0.15, 0.2) is 0 Å². The first kappa shape index (κ1) is 7.31. The van der Waals surface area contributed by atoms with Crippen molar-refractivity contribution >= 4 is 15.9 Å². The summed E-state index contributed by atoms with van der Waals surface area (Å²) in [6.45, 7) is 0.863. The van der Waals surface area contributed by atoms with Crippen LogP contribution >= 0.6 is 15.9 Å². The molecule has 1 aromatic heterocycles. The van der Waals surface area contributed by atoms with E-state index < -0.39 is 0 Å². The first-order chi connectivity index (χ1) is 5.36. The van der Waals surface area contributed by atoms with E-state index in [1.54, 1.807) is 6.20 Å². The van der Waals surface area contributed by atoms with Gasteiger partial charge >= 0.3 is 0 Å². The van der Waals surface area contributed by atoms with E-state index in [0.29, 0.717) is 0 Å². The fraction of sp³-hybridized carbons (Fsp3) is 0.571. The minimum absolute atomic E-state index is 0.168. The Balaban J connectivity index is 2.15. The molecule has 1 aliphatic rings. The summed E-state index contributed by atoms with van der Waals surface area (Å²) in [6.07, 6.45) is 6.11. The molecule has 0 radical (unpaired) electrons. The predicted octanol–water partition coefficient (Wildman–Crippen LogP) is 1.95. The lowest BCUT2D eigenvalue weighted by Gasteiger charge is -2.08. The molecule has 1 saturated heterocycles. The number of aromatic nitrogens is 2. The smallest absolute Gasteiger partial charge is 0.150 e. The molecule has 60 valence electrons. The molecule has 0 saturated carbocycles. The number of halogens is 1. The van der Waals surface area contributed by atoms with Crippen LogP contribution in [-0.2, 0) is 4.74 Å². The maximum absolute atomic E-state index is 5.43. The normalized spacial score (nSPS) is 24.3. The first-order valence-corrected chi connectivity index (χ1v) is 4.47. The number of nitrogens with zero attached hydrogens (tertiary/aromatic N) is 2. The largest absolute Gasteiger partial charge is 0.357 e. The van der Waals surface area contributed by atoms with Crippen LogP contribution in [0.3, 0.4) is 0 Å². The van der Waals surface area contributed by atoms with Gasteiger partial charge in [0.1, 0.15) is 6.23 Å². The molecule has 1 unspecified atom stereocenters. The minimum atomic E-state index is 0.168. The van der Waals surface area contributed by atoms with Crippen LogP contribution in [0.25, 0.3) is 0 Å². The number of hydrogen-bond donors (Lipinski definition) is 0. The Morgan fingerprint density at radius 1 is 1.73 bits per heavy atom. The molecule has 2 heterocycles. The van der Waals surface area contributed by atoms with Gasteiger partial charge in [0, 0.05) is 12.8 Å². The van der Waals surface area contributed by atoms with Crippen LogP contribution in [0.4, 0.5) is 0 Å². The van der Waals surface area contributed by atoms with Crippen LogP contribution in [0.5, 0.6) is 0 Å². The van der Waals surface area contributed by atoms with Gasteiger partial charge < -0.3 is 4.74 Å². The summed E-state index contributed by atoms with van der Waals surface area (Å²) in [4.78, 5) is 0. The maximum atomic E-state index is 5.43. The fourth-order valence-corrected chi connectivity index (χ4v) is 1.54. The Bertz CT molecular complexity index is 242. The van der Waals surface area contributed by atoms with Crippen molar-refractivity contribution in [2.45, 2.75) is 19.1 Å². The third kappa shape index (κ3) is 1.46. The van der Waals surface area contributed by atoms with E-state index >= 15 is 0 Å². The molecule has 2 rings (SSSR count). The Morgan fingerprint density at radius 3 is 3.18 bits per heavy atom. The highest BCUT2D eigenvalue weighted by molar-refractivity contribution is 9.10. The molecule has 11 heavy (non-hydrogen) atoms. The van der Waals surface area contributed by atoms with E-state index in [2.05, 4.69) is 21.0 Å². The van der Waals surface area contributed by atoms with Crippen molar-refractivity contribution in [3.05, 3.63) is 16.9 Å². The first-order valence-electron chi connectivity index (χ1n) is 3.67. The van der Waals surface area contributed by atoms with Gasteiger partial charge in [0.2, 0.25) is 0 Å². The van der Waals surface area contributed by atoms with Crippen LogP contribution in [0.1, 0.15) is 19.1 Å². The van der Waals surface area contributed by atoms with Crippen molar-refractivity contribution < 1.29 is 4.74 Å². The molecule has 0 amide bonds. The summed E-state index contributed by atoms with van der Waals surface area (Å²) < 4.78 is 8.30. The third-order valence-corrected chi connectivity index (χ3v) is 2.18. The molecule has 0 bridgehead atoms.